The summed E-state index contributed by atoms with van der Waals surface area (Å²) in [4.78, 5) is 30.8. The molecule has 0 radical (unpaired) electrons. The van der Waals surface area contributed by atoms with Crippen molar-refractivity contribution in [2.75, 3.05) is 18.5 Å². The van der Waals surface area contributed by atoms with Crippen LogP contribution in [0.25, 0.3) is 0 Å². The van der Waals surface area contributed by atoms with E-state index in [9.17, 15) is 9.59 Å². The highest BCUT2D eigenvalue weighted by molar-refractivity contribution is 7.14. The highest BCUT2D eigenvalue weighted by Gasteiger charge is 2.27. The molecule has 1 saturated carbocycles. The van der Waals surface area contributed by atoms with Gasteiger partial charge in [-0.25, -0.2) is 0 Å². The van der Waals surface area contributed by atoms with Gasteiger partial charge < -0.3 is 21.1 Å². The Kier molecular flexibility index (Phi) is 8.48. The first-order valence-corrected chi connectivity index (χ1v) is 11.4. The number of anilines is 1. The van der Waals surface area contributed by atoms with E-state index >= 15 is 0 Å². The summed E-state index contributed by atoms with van der Waals surface area (Å²) < 4.78 is 0. The van der Waals surface area contributed by atoms with Crippen LogP contribution in [0.4, 0.5) is 5.69 Å². The highest BCUT2D eigenvalue weighted by Crippen LogP contribution is 2.29. The summed E-state index contributed by atoms with van der Waals surface area (Å²) in [6, 6.07) is 4.86. The molecule has 162 valence electrons. The van der Waals surface area contributed by atoms with Gasteiger partial charge in [0.2, 0.25) is 5.91 Å². The predicted molar refractivity (Wildman–Crippen MR) is 119 cm³/mol. The van der Waals surface area contributed by atoms with Crippen molar-refractivity contribution in [3.63, 3.8) is 0 Å². The van der Waals surface area contributed by atoms with Crippen LogP contribution in [0.15, 0.2) is 30.6 Å². The molecule has 0 aliphatic heterocycles. The minimum atomic E-state index is -0.589. The van der Waals surface area contributed by atoms with Gasteiger partial charge in [-0.15, -0.1) is 11.3 Å². The zero-order valence-electron chi connectivity index (χ0n) is 16.7. The number of nitrogens with one attached hydrogen (secondary N) is 3. The van der Waals surface area contributed by atoms with Crippen molar-refractivity contribution in [3.05, 3.63) is 45.4 Å². The lowest BCUT2D eigenvalue weighted by atomic mass is 9.97. The molecule has 3 rings (SSSR count). The second kappa shape index (κ2) is 11.3. The van der Waals surface area contributed by atoms with E-state index in [2.05, 4.69) is 20.9 Å². The van der Waals surface area contributed by atoms with Crippen LogP contribution in [-0.4, -0.2) is 41.1 Å². The number of hydrogen-bond donors (Lipinski definition) is 4. The molecule has 0 bridgehead atoms. The van der Waals surface area contributed by atoms with Crippen LogP contribution >= 0.6 is 22.9 Å². The first-order valence-electron chi connectivity index (χ1n) is 10.2. The zero-order chi connectivity index (χ0) is 21.3. The number of aromatic nitrogens is 1. The molecule has 1 atom stereocenters. The van der Waals surface area contributed by atoms with Crippen molar-refractivity contribution >= 4 is 40.4 Å². The maximum Gasteiger partial charge on any atom is 0.262 e. The van der Waals surface area contributed by atoms with Gasteiger partial charge in [0, 0.05) is 24.2 Å². The molecule has 7 nitrogen and oxygen atoms in total. The van der Waals surface area contributed by atoms with E-state index in [1.807, 2.05) is 6.07 Å². The van der Waals surface area contributed by atoms with Gasteiger partial charge >= 0.3 is 0 Å². The van der Waals surface area contributed by atoms with Gasteiger partial charge in [0.05, 0.1) is 28.4 Å². The maximum atomic E-state index is 12.8. The molecule has 2 heterocycles. The molecule has 2 aromatic heterocycles. The monoisotopic (exact) mass is 450 g/mol. The van der Waals surface area contributed by atoms with E-state index in [0.29, 0.717) is 28.8 Å². The number of halogens is 1. The van der Waals surface area contributed by atoms with E-state index in [-0.39, 0.29) is 25.0 Å². The fourth-order valence-electron chi connectivity index (χ4n) is 3.64. The molecule has 4 N–H and O–H groups in total. The third kappa shape index (κ3) is 6.68. The fourth-order valence-corrected chi connectivity index (χ4v) is 4.66. The van der Waals surface area contributed by atoms with Crippen molar-refractivity contribution in [2.45, 2.75) is 44.7 Å². The van der Waals surface area contributed by atoms with Crippen LogP contribution in [0.2, 0.25) is 5.02 Å². The minimum Gasteiger partial charge on any atom is -0.395 e. The van der Waals surface area contributed by atoms with Crippen LogP contribution < -0.4 is 16.0 Å². The SMILES string of the molecule is O=C(N[C@@H](CC1CCCC1)C(=O)NCCO)c1ccc(CNc2cncc(Cl)c2)s1. The molecule has 1 aliphatic rings. The number of aliphatic hydroxyl groups excluding tert-OH is 1. The Balaban J connectivity index is 1.58. The lowest BCUT2D eigenvalue weighted by molar-refractivity contribution is -0.123. The molecular weight excluding hydrogens is 424 g/mol. The molecule has 0 unspecified atom stereocenters. The first kappa shape index (κ1) is 22.5. The van der Waals surface area contributed by atoms with Crippen LogP contribution in [0.5, 0.6) is 0 Å². The smallest absolute Gasteiger partial charge is 0.262 e. The van der Waals surface area contributed by atoms with Crippen molar-refractivity contribution in [1.82, 2.24) is 15.6 Å². The second-order valence-corrected chi connectivity index (χ2v) is 9.04. The van der Waals surface area contributed by atoms with Gasteiger partial charge in [-0.05, 0) is 30.5 Å². The summed E-state index contributed by atoms with van der Waals surface area (Å²) in [5.41, 5.74) is 0.805. The van der Waals surface area contributed by atoms with Gasteiger partial charge in [0.1, 0.15) is 6.04 Å². The lowest BCUT2D eigenvalue weighted by Gasteiger charge is -2.21. The number of thiophene rings is 1. The number of rotatable bonds is 10. The van der Waals surface area contributed by atoms with Crippen LogP contribution in [0, 0.1) is 5.92 Å². The molecule has 2 aromatic rings. The number of pyridine rings is 1. The molecule has 30 heavy (non-hydrogen) atoms. The Morgan fingerprint density at radius 3 is 2.80 bits per heavy atom. The number of carbonyl (C=O) groups is 2. The quantitative estimate of drug-likeness (QED) is 0.445. The Hall–Kier alpha value is -2.16. The molecule has 2 amide bonds. The summed E-state index contributed by atoms with van der Waals surface area (Å²) in [5, 5.41) is 18.3. The van der Waals surface area contributed by atoms with Gasteiger partial charge in [0.15, 0.2) is 0 Å². The van der Waals surface area contributed by atoms with Gasteiger partial charge in [0.25, 0.3) is 5.91 Å². The Labute approximate surface area is 185 Å². The third-order valence-corrected chi connectivity index (χ3v) is 6.42. The number of carbonyl (C=O) groups excluding carboxylic acids is 2. The largest absolute Gasteiger partial charge is 0.395 e. The van der Waals surface area contributed by atoms with Crippen molar-refractivity contribution in [3.8, 4) is 0 Å². The van der Waals surface area contributed by atoms with E-state index in [0.717, 1.165) is 23.4 Å². The van der Waals surface area contributed by atoms with Crippen LogP contribution in [-0.2, 0) is 11.3 Å². The normalized spacial score (nSPS) is 15.0. The summed E-state index contributed by atoms with van der Waals surface area (Å²) in [6.07, 6.45) is 8.41. The summed E-state index contributed by atoms with van der Waals surface area (Å²) in [5.74, 6) is -0.0430. The van der Waals surface area contributed by atoms with Crippen molar-refractivity contribution in [1.29, 1.82) is 0 Å². The molecule has 0 saturated heterocycles. The number of amides is 2. The average Bonchev–Trinajstić information content (AvgIpc) is 3.42. The Morgan fingerprint density at radius 1 is 1.27 bits per heavy atom. The summed E-state index contributed by atoms with van der Waals surface area (Å²) in [6.45, 7) is 0.602. The maximum absolute atomic E-state index is 12.8. The molecular formula is C21H27ClN4O3S. The van der Waals surface area contributed by atoms with Crippen LogP contribution in [0.1, 0.15) is 46.7 Å². The number of aliphatic hydroxyl groups is 1. The van der Waals surface area contributed by atoms with Crippen molar-refractivity contribution in [2.24, 2.45) is 5.92 Å². The summed E-state index contributed by atoms with van der Waals surface area (Å²) in [7, 11) is 0. The highest BCUT2D eigenvalue weighted by atomic mass is 35.5. The zero-order valence-corrected chi connectivity index (χ0v) is 18.3. The molecule has 0 spiro atoms. The van der Waals surface area contributed by atoms with E-state index in [4.69, 9.17) is 16.7 Å². The predicted octanol–water partition coefficient (Wildman–Crippen LogP) is 3.20. The van der Waals surface area contributed by atoms with Gasteiger partial charge in [-0.2, -0.15) is 0 Å². The topological polar surface area (TPSA) is 103 Å². The second-order valence-electron chi connectivity index (χ2n) is 7.44. The molecule has 1 fully saturated rings. The minimum absolute atomic E-state index is 0.126. The average molecular weight is 451 g/mol. The number of hydrogen-bond acceptors (Lipinski definition) is 6. The van der Waals surface area contributed by atoms with Crippen molar-refractivity contribution < 1.29 is 14.7 Å². The molecule has 9 heteroatoms. The van der Waals surface area contributed by atoms with Gasteiger partial charge in [-0.1, -0.05) is 37.3 Å². The Morgan fingerprint density at radius 2 is 2.07 bits per heavy atom. The standard InChI is InChI=1S/C21H27ClN4O3S/c22-15-10-16(12-23-11-15)25-13-17-5-6-19(30-17)21(29)26-18(20(28)24-7-8-27)9-14-3-1-2-4-14/h5-6,10-12,14,18,25,27H,1-4,7-9,13H2,(H,24,28)(H,26,29)/t18-/m0/s1. The lowest BCUT2D eigenvalue weighted by Crippen LogP contribution is -2.48. The van der Waals surface area contributed by atoms with Gasteiger partial charge in [-0.3, -0.25) is 14.6 Å². The van der Waals surface area contributed by atoms with E-state index in [1.165, 1.54) is 24.2 Å². The Bertz CT molecular complexity index is 854. The fraction of sp³-hybridized carbons (Fsp3) is 0.476. The first-order chi connectivity index (χ1) is 14.5. The van der Waals surface area contributed by atoms with Crippen LogP contribution in [0.3, 0.4) is 0 Å². The summed E-state index contributed by atoms with van der Waals surface area (Å²) >= 11 is 7.32. The number of nitrogens with zero attached hydrogens (tertiary/aromatic N) is 1. The van der Waals surface area contributed by atoms with E-state index < -0.39 is 6.04 Å². The van der Waals surface area contributed by atoms with E-state index in [1.54, 1.807) is 24.5 Å². The third-order valence-electron chi connectivity index (χ3n) is 5.13. The molecule has 1 aliphatic carbocycles. The molecule has 0 aromatic carbocycles.